The first kappa shape index (κ1) is 25.4. The van der Waals surface area contributed by atoms with E-state index in [4.69, 9.17) is 4.74 Å². The van der Waals surface area contributed by atoms with Crippen molar-refractivity contribution in [1.29, 1.82) is 0 Å². The van der Waals surface area contributed by atoms with E-state index >= 15 is 0 Å². The van der Waals surface area contributed by atoms with E-state index in [1.165, 1.54) is 11.0 Å². The molecule has 1 atom stereocenters. The lowest BCUT2D eigenvalue weighted by Crippen LogP contribution is -2.42. The molecule has 0 bridgehead atoms. The Balaban J connectivity index is 1.42. The van der Waals surface area contributed by atoms with E-state index in [2.05, 4.69) is 10.3 Å². The average Bonchev–Trinajstić information content (AvgIpc) is 3.61. The maximum atomic E-state index is 14.4. The number of carbonyl (C=O) groups excluding carboxylic acids is 2. The molecule has 2 heterocycles. The molecule has 0 unspecified atom stereocenters. The van der Waals surface area contributed by atoms with Crippen molar-refractivity contribution in [2.75, 3.05) is 25.0 Å². The number of nitrogens with zero attached hydrogens (tertiary/aromatic N) is 3. The molecule has 7 nitrogen and oxygen atoms in total. The number of rotatable bonds is 8. The molecule has 8 heteroatoms. The molecule has 1 aromatic heterocycles. The van der Waals surface area contributed by atoms with Crippen molar-refractivity contribution in [3.05, 3.63) is 102 Å². The molecule has 1 aliphatic heterocycles. The first-order valence-electron chi connectivity index (χ1n) is 12.6. The molecule has 3 aromatic carbocycles. The van der Waals surface area contributed by atoms with Gasteiger partial charge in [0, 0.05) is 30.5 Å². The summed E-state index contributed by atoms with van der Waals surface area (Å²) in [4.78, 5) is 32.8. The Bertz CT molecular complexity index is 1420. The normalized spacial score (nSPS) is 14.8. The summed E-state index contributed by atoms with van der Waals surface area (Å²) < 4.78 is 21.8. The summed E-state index contributed by atoms with van der Waals surface area (Å²) in [6.07, 6.45) is 3.41. The highest BCUT2D eigenvalue weighted by atomic mass is 19.1. The smallest absolute Gasteiger partial charge is 0.254 e. The van der Waals surface area contributed by atoms with Crippen molar-refractivity contribution in [2.45, 2.75) is 25.9 Å². The Morgan fingerprint density at radius 2 is 1.82 bits per heavy atom. The van der Waals surface area contributed by atoms with Gasteiger partial charge in [0.2, 0.25) is 11.9 Å². The number of imidazole rings is 1. The van der Waals surface area contributed by atoms with E-state index in [1.807, 2.05) is 36.4 Å². The summed E-state index contributed by atoms with van der Waals surface area (Å²) in [5.74, 6) is -0.774. The van der Waals surface area contributed by atoms with E-state index in [0.717, 1.165) is 18.4 Å². The fourth-order valence-electron chi connectivity index (χ4n) is 4.50. The predicted molar refractivity (Wildman–Crippen MR) is 144 cm³/mol. The molecule has 1 fully saturated rings. The van der Waals surface area contributed by atoms with Crippen LogP contribution in [0.2, 0.25) is 0 Å². The SMILES string of the molecule is Cc1ccc(-n2cc(-c3ccccc3)nc2NC(=O)CN(C[C@H]2CCCO2)C(=O)c2ccccc2)cc1F. The van der Waals surface area contributed by atoms with Gasteiger partial charge in [0.05, 0.1) is 17.5 Å². The highest BCUT2D eigenvalue weighted by Crippen LogP contribution is 2.25. The predicted octanol–water partition coefficient (Wildman–Crippen LogP) is 5.25. The van der Waals surface area contributed by atoms with Crippen LogP contribution in [0.25, 0.3) is 16.9 Å². The quantitative estimate of drug-likeness (QED) is 0.350. The number of halogens is 1. The second kappa shape index (κ2) is 11.4. The number of aryl methyl sites for hydroxylation is 1. The molecule has 4 aromatic rings. The van der Waals surface area contributed by atoms with Gasteiger partial charge in [0.15, 0.2) is 0 Å². The highest BCUT2D eigenvalue weighted by Gasteiger charge is 2.26. The van der Waals surface area contributed by atoms with Crippen molar-refractivity contribution in [2.24, 2.45) is 0 Å². The number of carbonyl (C=O) groups is 2. The Hall–Kier alpha value is -4.30. The van der Waals surface area contributed by atoms with Crippen LogP contribution in [0.4, 0.5) is 10.3 Å². The molecule has 0 spiro atoms. The number of amides is 2. The monoisotopic (exact) mass is 512 g/mol. The molecule has 1 N–H and O–H groups in total. The summed E-state index contributed by atoms with van der Waals surface area (Å²) >= 11 is 0. The Morgan fingerprint density at radius 1 is 1.08 bits per heavy atom. The molecule has 1 aliphatic rings. The van der Waals surface area contributed by atoms with Gasteiger partial charge >= 0.3 is 0 Å². The summed E-state index contributed by atoms with van der Waals surface area (Å²) in [7, 11) is 0. The number of anilines is 1. The lowest BCUT2D eigenvalue weighted by Gasteiger charge is -2.25. The summed E-state index contributed by atoms with van der Waals surface area (Å²) in [5.41, 5.74) is 3.02. The molecular formula is C30H29FN4O3. The van der Waals surface area contributed by atoms with Gasteiger partial charge in [-0.05, 0) is 49.6 Å². The van der Waals surface area contributed by atoms with Gasteiger partial charge in [0.25, 0.3) is 5.91 Å². The number of benzene rings is 3. The number of aromatic nitrogens is 2. The second-order valence-electron chi connectivity index (χ2n) is 9.35. The zero-order chi connectivity index (χ0) is 26.5. The standard InChI is InChI=1S/C30H29FN4O3/c1-21-14-15-24(17-26(21)31)35-19-27(22-9-4-2-5-10-22)32-30(35)33-28(36)20-34(18-25-13-8-16-38-25)29(37)23-11-6-3-7-12-23/h2-7,9-12,14-15,17,19,25H,8,13,16,18,20H2,1H3,(H,32,33,36)/t25-/m1/s1. The molecule has 38 heavy (non-hydrogen) atoms. The maximum Gasteiger partial charge on any atom is 0.254 e. The first-order chi connectivity index (χ1) is 18.5. The minimum absolute atomic E-state index is 0.113. The van der Waals surface area contributed by atoms with Gasteiger partial charge in [-0.1, -0.05) is 54.6 Å². The van der Waals surface area contributed by atoms with Crippen LogP contribution in [0, 0.1) is 12.7 Å². The molecular weight excluding hydrogens is 483 g/mol. The van der Waals surface area contributed by atoms with Crippen molar-refractivity contribution in [3.8, 4) is 16.9 Å². The van der Waals surface area contributed by atoms with E-state index < -0.39 is 5.91 Å². The number of hydrogen-bond donors (Lipinski definition) is 1. The van der Waals surface area contributed by atoms with Crippen molar-refractivity contribution in [1.82, 2.24) is 14.5 Å². The van der Waals surface area contributed by atoms with Crippen molar-refractivity contribution < 1.29 is 18.7 Å². The van der Waals surface area contributed by atoms with Crippen LogP contribution in [-0.2, 0) is 9.53 Å². The number of nitrogens with one attached hydrogen (secondary N) is 1. The van der Waals surface area contributed by atoms with E-state index in [0.29, 0.717) is 35.7 Å². The Morgan fingerprint density at radius 3 is 2.50 bits per heavy atom. The summed E-state index contributed by atoms with van der Waals surface area (Å²) in [6.45, 7) is 2.48. The minimum atomic E-state index is -0.411. The lowest BCUT2D eigenvalue weighted by molar-refractivity contribution is -0.117. The second-order valence-corrected chi connectivity index (χ2v) is 9.35. The molecule has 0 aliphatic carbocycles. The minimum Gasteiger partial charge on any atom is -0.376 e. The zero-order valence-electron chi connectivity index (χ0n) is 21.1. The van der Waals surface area contributed by atoms with Crippen molar-refractivity contribution in [3.63, 3.8) is 0 Å². The van der Waals surface area contributed by atoms with Gasteiger partial charge < -0.3 is 9.64 Å². The van der Waals surface area contributed by atoms with Gasteiger partial charge in [-0.15, -0.1) is 0 Å². The van der Waals surface area contributed by atoms with Crippen LogP contribution in [-0.4, -0.2) is 52.1 Å². The van der Waals surface area contributed by atoms with Crippen LogP contribution in [0.1, 0.15) is 28.8 Å². The topological polar surface area (TPSA) is 76.5 Å². The molecule has 0 saturated carbocycles. The summed E-state index contributed by atoms with van der Waals surface area (Å²) in [5, 5.41) is 2.85. The van der Waals surface area contributed by atoms with Gasteiger partial charge in [0.1, 0.15) is 12.4 Å². The number of hydrogen-bond acceptors (Lipinski definition) is 4. The largest absolute Gasteiger partial charge is 0.376 e. The van der Waals surface area contributed by atoms with Crippen molar-refractivity contribution >= 4 is 17.8 Å². The summed E-state index contributed by atoms with van der Waals surface area (Å²) in [6, 6.07) is 23.3. The van der Waals surface area contributed by atoms with E-state index in [-0.39, 0.29) is 30.3 Å². The molecule has 0 radical (unpaired) electrons. The molecule has 194 valence electrons. The third-order valence-corrected chi connectivity index (χ3v) is 6.55. The van der Waals surface area contributed by atoms with Gasteiger partial charge in [-0.25, -0.2) is 9.37 Å². The van der Waals surface area contributed by atoms with E-state index in [9.17, 15) is 14.0 Å². The van der Waals surface area contributed by atoms with Crippen LogP contribution in [0.5, 0.6) is 0 Å². The first-order valence-corrected chi connectivity index (χ1v) is 12.6. The number of ether oxygens (including phenoxy) is 1. The lowest BCUT2D eigenvalue weighted by atomic mass is 10.1. The molecule has 1 saturated heterocycles. The highest BCUT2D eigenvalue weighted by molar-refractivity contribution is 5.99. The molecule has 5 rings (SSSR count). The third kappa shape index (κ3) is 5.81. The fraction of sp³-hybridized carbons (Fsp3) is 0.233. The maximum absolute atomic E-state index is 14.4. The van der Waals surface area contributed by atoms with Gasteiger partial charge in [-0.3, -0.25) is 19.5 Å². The van der Waals surface area contributed by atoms with Gasteiger partial charge in [-0.2, -0.15) is 0 Å². The Kier molecular flexibility index (Phi) is 7.60. The average molecular weight is 513 g/mol. The van der Waals surface area contributed by atoms with E-state index in [1.54, 1.807) is 54.1 Å². The Labute approximate surface area is 220 Å². The van der Waals surface area contributed by atoms with Crippen LogP contribution in [0.15, 0.2) is 85.1 Å². The zero-order valence-corrected chi connectivity index (χ0v) is 21.1. The third-order valence-electron chi connectivity index (χ3n) is 6.55. The van der Waals surface area contributed by atoms with Crippen LogP contribution >= 0.6 is 0 Å². The fourth-order valence-corrected chi connectivity index (χ4v) is 4.50. The molecule has 2 amide bonds. The van der Waals surface area contributed by atoms with Crippen LogP contribution < -0.4 is 5.32 Å². The van der Waals surface area contributed by atoms with Crippen LogP contribution in [0.3, 0.4) is 0 Å².